The lowest BCUT2D eigenvalue weighted by Gasteiger charge is -2.35. The normalized spacial score (nSPS) is 24.8. The van der Waals surface area contributed by atoms with Crippen LogP contribution in [0.3, 0.4) is 0 Å². The summed E-state index contributed by atoms with van der Waals surface area (Å²) >= 11 is 0. The average Bonchev–Trinajstić information content (AvgIpc) is 3.17. The van der Waals surface area contributed by atoms with Crippen LogP contribution in [0.4, 0.5) is 0 Å². The van der Waals surface area contributed by atoms with E-state index in [-0.39, 0.29) is 12.0 Å². The van der Waals surface area contributed by atoms with E-state index >= 15 is 0 Å². The molecule has 4 heteroatoms. The van der Waals surface area contributed by atoms with Crippen LogP contribution in [0.25, 0.3) is 11.3 Å². The van der Waals surface area contributed by atoms with Crippen molar-refractivity contribution >= 4 is 0 Å². The molecule has 3 atom stereocenters. The molecular weight excluding hydrogens is 286 g/mol. The Morgan fingerprint density at radius 1 is 1.04 bits per heavy atom. The molecule has 4 nitrogen and oxygen atoms in total. The van der Waals surface area contributed by atoms with Crippen molar-refractivity contribution in [3.63, 3.8) is 0 Å². The van der Waals surface area contributed by atoms with E-state index in [1.54, 1.807) is 6.20 Å². The number of rotatable bonds is 1. The lowest BCUT2D eigenvalue weighted by Crippen LogP contribution is -2.28. The summed E-state index contributed by atoms with van der Waals surface area (Å²) in [6, 6.07) is 10.6. The minimum absolute atomic E-state index is 0.153. The first kappa shape index (κ1) is 13.0. The Kier molecular flexibility index (Phi) is 2.70. The maximum absolute atomic E-state index is 11.0. The van der Waals surface area contributed by atoms with Gasteiger partial charge in [0, 0.05) is 23.9 Å². The molecule has 2 aromatic heterocycles. The van der Waals surface area contributed by atoms with Crippen molar-refractivity contribution in [2.75, 3.05) is 0 Å². The smallest absolute Gasteiger partial charge is 0.0956 e. The Morgan fingerprint density at radius 3 is 2.91 bits per heavy atom. The van der Waals surface area contributed by atoms with Gasteiger partial charge in [0.15, 0.2) is 0 Å². The highest BCUT2D eigenvalue weighted by Crippen LogP contribution is 2.49. The standard InChI is InChI=1S/C19H17N3O/c23-19-13-7-8-20-9-12(13)5-6-16(19)18-15-4-2-1-3-14(15)17-10-21-11-22(17)18/h1-4,7-11,16,18-19,23H,5-6H2/t16-,18+,19+/m0/s1. The Labute approximate surface area is 134 Å². The summed E-state index contributed by atoms with van der Waals surface area (Å²) in [5.74, 6) is 0.154. The molecule has 0 spiro atoms. The zero-order chi connectivity index (χ0) is 15.4. The number of imidazole rings is 1. The van der Waals surface area contributed by atoms with Crippen LogP contribution < -0.4 is 0 Å². The number of aliphatic hydroxyl groups excluding tert-OH is 1. The van der Waals surface area contributed by atoms with Gasteiger partial charge in [0.2, 0.25) is 0 Å². The second kappa shape index (κ2) is 4.77. The summed E-state index contributed by atoms with van der Waals surface area (Å²) in [5.41, 5.74) is 5.89. The number of hydrogen-bond donors (Lipinski definition) is 1. The topological polar surface area (TPSA) is 50.9 Å². The van der Waals surface area contributed by atoms with Gasteiger partial charge in [-0.2, -0.15) is 0 Å². The number of pyridine rings is 1. The minimum Gasteiger partial charge on any atom is -0.388 e. The molecule has 0 amide bonds. The molecule has 3 aromatic rings. The van der Waals surface area contributed by atoms with E-state index in [4.69, 9.17) is 0 Å². The fraction of sp³-hybridized carbons (Fsp3) is 0.263. The predicted molar refractivity (Wildman–Crippen MR) is 86.8 cm³/mol. The fourth-order valence-corrected chi connectivity index (χ4v) is 4.29. The zero-order valence-corrected chi connectivity index (χ0v) is 12.6. The Balaban J connectivity index is 1.64. The van der Waals surface area contributed by atoms with E-state index in [2.05, 4.69) is 38.8 Å². The van der Waals surface area contributed by atoms with Gasteiger partial charge in [-0.05, 0) is 35.6 Å². The molecule has 1 N–H and O–H groups in total. The third-order valence-electron chi connectivity index (χ3n) is 5.34. The Morgan fingerprint density at radius 2 is 1.96 bits per heavy atom. The van der Waals surface area contributed by atoms with Gasteiger partial charge >= 0.3 is 0 Å². The van der Waals surface area contributed by atoms with Crippen LogP contribution in [0.15, 0.2) is 55.2 Å². The van der Waals surface area contributed by atoms with E-state index < -0.39 is 6.10 Å². The molecule has 5 rings (SSSR count). The Hall–Kier alpha value is -2.46. The molecule has 1 aliphatic carbocycles. The average molecular weight is 303 g/mol. The third kappa shape index (κ3) is 1.75. The SMILES string of the molecule is O[C@@H]1c2ccncc2CC[C@H]1[C@H]1c2ccccc2-c2cncn21. The van der Waals surface area contributed by atoms with Gasteiger partial charge in [-0.1, -0.05) is 24.3 Å². The maximum atomic E-state index is 11.0. The summed E-state index contributed by atoms with van der Waals surface area (Å²) < 4.78 is 2.23. The summed E-state index contributed by atoms with van der Waals surface area (Å²) in [5, 5.41) is 11.0. The number of aromatic nitrogens is 3. The van der Waals surface area contributed by atoms with Crippen molar-refractivity contribution < 1.29 is 5.11 Å². The van der Waals surface area contributed by atoms with Crippen LogP contribution in [0.1, 0.15) is 35.3 Å². The van der Waals surface area contributed by atoms with Crippen LogP contribution in [0.2, 0.25) is 0 Å². The van der Waals surface area contributed by atoms with Crippen molar-refractivity contribution in [3.05, 3.63) is 71.9 Å². The first-order valence-electron chi connectivity index (χ1n) is 8.06. The van der Waals surface area contributed by atoms with E-state index in [0.29, 0.717) is 0 Å². The number of aliphatic hydroxyl groups is 1. The second-order valence-electron chi connectivity index (χ2n) is 6.44. The minimum atomic E-state index is -0.465. The molecule has 0 saturated heterocycles. The largest absolute Gasteiger partial charge is 0.388 e. The van der Waals surface area contributed by atoms with E-state index in [1.165, 1.54) is 16.7 Å². The predicted octanol–water partition coefficient (Wildman–Crippen LogP) is 3.14. The molecule has 23 heavy (non-hydrogen) atoms. The highest BCUT2D eigenvalue weighted by atomic mass is 16.3. The van der Waals surface area contributed by atoms with Gasteiger partial charge in [-0.3, -0.25) is 4.98 Å². The fourth-order valence-electron chi connectivity index (χ4n) is 4.29. The number of hydrogen-bond acceptors (Lipinski definition) is 3. The lowest BCUT2D eigenvalue weighted by atomic mass is 9.76. The van der Waals surface area contributed by atoms with Crippen molar-refractivity contribution in [2.45, 2.75) is 25.0 Å². The van der Waals surface area contributed by atoms with Gasteiger partial charge in [0.05, 0.1) is 30.4 Å². The van der Waals surface area contributed by atoms with Crippen LogP contribution in [0, 0.1) is 5.92 Å². The third-order valence-corrected chi connectivity index (χ3v) is 5.34. The highest BCUT2D eigenvalue weighted by Gasteiger charge is 2.40. The Bertz CT molecular complexity index is 886. The van der Waals surface area contributed by atoms with Gasteiger partial charge in [0.1, 0.15) is 0 Å². The number of benzene rings is 1. The summed E-state index contributed by atoms with van der Waals surface area (Å²) in [6.07, 6.45) is 8.94. The molecule has 114 valence electrons. The molecule has 1 aliphatic heterocycles. The number of nitrogens with zero attached hydrogens (tertiary/aromatic N) is 3. The van der Waals surface area contributed by atoms with Crippen molar-refractivity contribution in [1.82, 2.24) is 14.5 Å². The molecule has 3 heterocycles. The first-order valence-corrected chi connectivity index (χ1v) is 8.06. The van der Waals surface area contributed by atoms with Crippen LogP contribution in [0.5, 0.6) is 0 Å². The van der Waals surface area contributed by atoms with Gasteiger partial charge in [0.25, 0.3) is 0 Å². The lowest BCUT2D eigenvalue weighted by molar-refractivity contribution is 0.0718. The molecule has 0 unspecified atom stereocenters. The molecular formula is C19H17N3O. The monoisotopic (exact) mass is 303 g/mol. The van der Waals surface area contributed by atoms with Crippen LogP contribution in [-0.2, 0) is 6.42 Å². The van der Waals surface area contributed by atoms with Crippen molar-refractivity contribution in [1.29, 1.82) is 0 Å². The van der Waals surface area contributed by atoms with Crippen LogP contribution >= 0.6 is 0 Å². The second-order valence-corrected chi connectivity index (χ2v) is 6.44. The van der Waals surface area contributed by atoms with E-state index in [0.717, 1.165) is 24.1 Å². The summed E-state index contributed by atoms with van der Waals surface area (Å²) in [4.78, 5) is 8.52. The van der Waals surface area contributed by atoms with E-state index in [9.17, 15) is 5.11 Å². The van der Waals surface area contributed by atoms with E-state index in [1.807, 2.05) is 24.8 Å². The molecule has 2 aliphatic rings. The van der Waals surface area contributed by atoms with Gasteiger partial charge in [-0.15, -0.1) is 0 Å². The van der Waals surface area contributed by atoms with Crippen molar-refractivity contribution in [3.8, 4) is 11.3 Å². The number of fused-ring (bicyclic) bond motifs is 4. The summed E-state index contributed by atoms with van der Waals surface area (Å²) in [7, 11) is 0. The maximum Gasteiger partial charge on any atom is 0.0956 e. The van der Waals surface area contributed by atoms with Gasteiger partial charge < -0.3 is 9.67 Å². The first-order chi connectivity index (χ1) is 11.3. The quantitative estimate of drug-likeness (QED) is 0.751. The molecule has 0 saturated carbocycles. The molecule has 0 fully saturated rings. The zero-order valence-electron chi connectivity index (χ0n) is 12.6. The number of aryl methyl sites for hydroxylation is 1. The van der Waals surface area contributed by atoms with Crippen molar-refractivity contribution in [2.24, 2.45) is 5.92 Å². The van der Waals surface area contributed by atoms with Gasteiger partial charge in [-0.25, -0.2) is 4.98 Å². The summed E-state index contributed by atoms with van der Waals surface area (Å²) in [6.45, 7) is 0. The highest BCUT2D eigenvalue weighted by molar-refractivity contribution is 5.69. The molecule has 1 aromatic carbocycles. The molecule has 0 radical (unpaired) electrons. The molecule has 0 bridgehead atoms. The van der Waals surface area contributed by atoms with Crippen LogP contribution in [-0.4, -0.2) is 19.6 Å².